The van der Waals surface area contributed by atoms with Crippen molar-refractivity contribution in [1.82, 2.24) is 10.2 Å². The largest absolute Gasteiger partial charge is 0.355 e. The number of amides is 1. The minimum absolute atomic E-state index is 0.0672. The summed E-state index contributed by atoms with van der Waals surface area (Å²) in [5.74, 6) is 1.45. The molecule has 0 aliphatic carbocycles. The molecule has 1 saturated heterocycles. The molecule has 2 aromatic rings. The van der Waals surface area contributed by atoms with Crippen LogP contribution in [0.4, 0.5) is 0 Å². The van der Waals surface area contributed by atoms with Gasteiger partial charge in [0.05, 0.1) is 5.92 Å². The van der Waals surface area contributed by atoms with Crippen LogP contribution in [0.15, 0.2) is 60.7 Å². The Hall–Kier alpha value is -1.78. The first-order chi connectivity index (χ1) is 13.8. The maximum atomic E-state index is 12.9. The summed E-state index contributed by atoms with van der Waals surface area (Å²) in [6.07, 6.45) is 5.76. The van der Waals surface area contributed by atoms with E-state index in [0.29, 0.717) is 5.92 Å². The molecule has 2 aromatic carbocycles. The molecule has 3 nitrogen and oxygen atoms in total. The second-order valence-electron chi connectivity index (χ2n) is 7.75. The number of likely N-dealkylation sites (tertiary alicyclic amines) is 1. The van der Waals surface area contributed by atoms with Gasteiger partial charge in [-0.15, -0.1) is 0 Å². The van der Waals surface area contributed by atoms with Crippen LogP contribution in [0.1, 0.15) is 36.3 Å². The van der Waals surface area contributed by atoms with E-state index in [4.69, 9.17) is 0 Å². The molecule has 1 aliphatic heterocycles. The number of benzene rings is 2. The van der Waals surface area contributed by atoms with Crippen molar-refractivity contribution in [3.63, 3.8) is 0 Å². The van der Waals surface area contributed by atoms with E-state index in [1.165, 1.54) is 24.8 Å². The summed E-state index contributed by atoms with van der Waals surface area (Å²) in [6, 6.07) is 20.9. The van der Waals surface area contributed by atoms with Crippen LogP contribution in [0.25, 0.3) is 0 Å². The van der Waals surface area contributed by atoms with Gasteiger partial charge in [-0.2, -0.15) is 11.8 Å². The standard InChI is InChI=1S/C24H32N2OS/c1-28-19-23(22-13-6-3-7-14-22)24(27)25-16-21-12-8-9-15-26(18-21)17-20-10-4-2-5-11-20/h2-7,10-11,13-14,21,23H,8-9,12,15-19H2,1H3,(H,25,27)/t21-,23-/m1/s1. The van der Waals surface area contributed by atoms with Gasteiger partial charge in [-0.25, -0.2) is 0 Å². The Labute approximate surface area is 173 Å². The van der Waals surface area contributed by atoms with Crippen molar-refractivity contribution in [3.05, 3.63) is 71.8 Å². The van der Waals surface area contributed by atoms with Crippen molar-refractivity contribution < 1.29 is 4.79 Å². The third-order valence-corrected chi connectivity index (χ3v) is 6.19. The van der Waals surface area contributed by atoms with E-state index in [9.17, 15) is 4.79 Å². The Morgan fingerprint density at radius 2 is 1.82 bits per heavy atom. The Bertz CT molecular complexity index is 707. The summed E-state index contributed by atoms with van der Waals surface area (Å²) in [6.45, 7) is 4.00. The van der Waals surface area contributed by atoms with E-state index in [0.717, 1.165) is 37.5 Å². The van der Waals surface area contributed by atoms with Crippen LogP contribution >= 0.6 is 11.8 Å². The second-order valence-corrected chi connectivity index (χ2v) is 8.66. The van der Waals surface area contributed by atoms with Crippen molar-refractivity contribution in [2.24, 2.45) is 5.92 Å². The highest BCUT2D eigenvalue weighted by Gasteiger charge is 2.23. The normalized spacial score (nSPS) is 19.0. The summed E-state index contributed by atoms with van der Waals surface area (Å²) in [7, 11) is 0. The van der Waals surface area contributed by atoms with Crippen LogP contribution in [0.5, 0.6) is 0 Å². The summed E-state index contributed by atoms with van der Waals surface area (Å²) < 4.78 is 0. The predicted molar refractivity (Wildman–Crippen MR) is 120 cm³/mol. The number of thioether (sulfide) groups is 1. The first-order valence-electron chi connectivity index (χ1n) is 10.3. The van der Waals surface area contributed by atoms with Gasteiger partial charge in [0.1, 0.15) is 0 Å². The molecule has 3 rings (SSSR count). The third kappa shape index (κ3) is 6.39. The predicted octanol–water partition coefficient (Wildman–Crippen LogP) is 4.55. The molecule has 4 heteroatoms. The first-order valence-corrected chi connectivity index (χ1v) is 11.7. The molecule has 0 spiro atoms. The van der Waals surface area contributed by atoms with Gasteiger partial charge < -0.3 is 5.32 Å². The van der Waals surface area contributed by atoms with Crippen molar-refractivity contribution in [1.29, 1.82) is 0 Å². The number of carbonyl (C=O) groups excluding carboxylic acids is 1. The maximum absolute atomic E-state index is 12.9. The lowest BCUT2D eigenvalue weighted by Crippen LogP contribution is -2.38. The molecule has 0 bridgehead atoms. The summed E-state index contributed by atoms with van der Waals surface area (Å²) in [5, 5.41) is 3.27. The molecule has 1 amide bonds. The molecule has 0 saturated carbocycles. The monoisotopic (exact) mass is 396 g/mol. The molecule has 2 atom stereocenters. The zero-order valence-electron chi connectivity index (χ0n) is 16.8. The van der Waals surface area contributed by atoms with E-state index in [2.05, 4.69) is 58.9 Å². The molecule has 1 N–H and O–H groups in total. The number of hydrogen-bond donors (Lipinski definition) is 1. The number of nitrogens with one attached hydrogen (secondary N) is 1. The lowest BCUT2D eigenvalue weighted by molar-refractivity contribution is -0.122. The van der Waals surface area contributed by atoms with Gasteiger partial charge in [0.15, 0.2) is 0 Å². The molecule has 0 radical (unpaired) electrons. The first kappa shape index (κ1) is 20.9. The zero-order chi connectivity index (χ0) is 19.6. The topological polar surface area (TPSA) is 32.3 Å². The molecule has 1 fully saturated rings. The highest BCUT2D eigenvalue weighted by atomic mass is 32.2. The molecule has 1 aliphatic rings. The SMILES string of the molecule is CSC[C@@H](C(=O)NC[C@H]1CCCCN(Cc2ccccc2)C1)c1ccccc1. The smallest absolute Gasteiger partial charge is 0.228 e. The van der Waals surface area contributed by atoms with Gasteiger partial charge in [0.2, 0.25) is 5.91 Å². The zero-order valence-corrected chi connectivity index (χ0v) is 17.7. The van der Waals surface area contributed by atoms with Gasteiger partial charge in [-0.05, 0) is 42.7 Å². The van der Waals surface area contributed by atoms with E-state index < -0.39 is 0 Å². The van der Waals surface area contributed by atoms with Crippen molar-refractivity contribution >= 4 is 17.7 Å². The number of nitrogens with zero attached hydrogens (tertiary/aromatic N) is 1. The summed E-state index contributed by atoms with van der Waals surface area (Å²) in [5.41, 5.74) is 2.48. The van der Waals surface area contributed by atoms with Crippen LogP contribution in [0.2, 0.25) is 0 Å². The van der Waals surface area contributed by atoms with Gasteiger partial charge in [0, 0.05) is 25.4 Å². The van der Waals surface area contributed by atoms with Crippen molar-refractivity contribution in [2.75, 3.05) is 31.6 Å². The molecule has 0 unspecified atom stereocenters. The van der Waals surface area contributed by atoms with Gasteiger partial charge >= 0.3 is 0 Å². The van der Waals surface area contributed by atoms with E-state index in [1.54, 1.807) is 11.8 Å². The van der Waals surface area contributed by atoms with Crippen molar-refractivity contribution in [3.8, 4) is 0 Å². The fourth-order valence-corrected chi connectivity index (χ4v) is 4.69. The second kappa shape index (κ2) is 11.3. The van der Waals surface area contributed by atoms with E-state index in [1.807, 2.05) is 18.2 Å². The lowest BCUT2D eigenvalue weighted by atomic mass is 9.99. The highest BCUT2D eigenvalue weighted by molar-refractivity contribution is 7.98. The Morgan fingerprint density at radius 1 is 1.11 bits per heavy atom. The maximum Gasteiger partial charge on any atom is 0.228 e. The van der Waals surface area contributed by atoms with Crippen LogP contribution in [-0.2, 0) is 11.3 Å². The highest BCUT2D eigenvalue weighted by Crippen LogP contribution is 2.21. The third-order valence-electron chi connectivity index (χ3n) is 5.52. The average molecular weight is 397 g/mol. The quantitative estimate of drug-likeness (QED) is 0.710. The molecular formula is C24H32N2OS. The molecule has 150 valence electrons. The molecular weight excluding hydrogens is 364 g/mol. The van der Waals surface area contributed by atoms with E-state index >= 15 is 0 Å². The van der Waals surface area contributed by atoms with Crippen LogP contribution in [0.3, 0.4) is 0 Å². The Balaban J connectivity index is 1.55. The van der Waals surface area contributed by atoms with Crippen LogP contribution in [0, 0.1) is 5.92 Å². The summed E-state index contributed by atoms with van der Waals surface area (Å²) in [4.78, 5) is 15.4. The van der Waals surface area contributed by atoms with Crippen molar-refractivity contribution in [2.45, 2.75) is 31.7 Å². The van der Waals surface area contributed by atoms with Gasteiger partial charge in [0.25, 0.3) is 0 Å². The minimum Gasteiger partial charge on any atom is -0.355 e. The average Bonchev–Trinajstić information content (AvgIpc) is 2.96. The Kier molecular flexibility index (Phi) is 8.43. The molecule has 0 aromatic heterocycles. The van der Waals surface area contributed by atoms with Crippen LogP contribution in [-0.4, -0.2) is 42.4 Å². The summed E-state index contributed by atoms with van der Waals surface area (Å²) >= 11 is 1.73. The number of rotatable bonds is 8. The lowest BCUT2D eigenvalue weighted by Gasteiger charge is -2.25. The fraction of sp³-hybridized carbons (Fsp3) is 0.458. The number of hydrogen-bond acceptors (Lipinski definition) is 3. The fourth-order valence-electron chi connectivity index (χ4n) is 4.01. The minimum atomic E-state index is -0.0672. The number of carbonyl (C=O) groups is 1. The van der Waals surface area contributed by atoms with E-state index in [-0.39, 0.29) is 11.8 Å². The van der Waals surface area contributed by atoms with Crippen LogP contribution < -0.4 is 5.32 Å². The van der Waals surface area contributed by atoms with Gasteiger partial charge in [-0.1, -0.05) is 67.1 Å². The molecule has 28 heavy (non-hydrogen) atoms. The Morgan fingerprint density at radius 3 is 2.54 bits per heavy atom. The molecule has 1 heterocycles. The van der Waals surface area contributed by atoms with Gasteiger partial charge in [-0.3, -0.25) is 9.69 Å².